The lowest BCUT2D eigenvalue weighted by Gasteiger charge is -2.11. The molecule has 0 aliphatic carbocycles. The average molecular weight is 326 g/mol. The fraction of sp³-hybridized carbons (Fsp3) is 0.0625. The van der Waals surface area contributed by atoms with Gasteiger partial charge in [-0.2, -0.15) is 0 Å². The van der Waals surface area contributed by atoms with Crippen molar-refractivity contribution >= 4 is 12.0 Å². The van der Waals surface area contributed by atoms with Crippen LogP contribution in [0.3, 0.4) is 0 Å². The van der Waals surface area contributed by atoms with Crippen molar-refractivity contribution in [1.29, 1.82) is 0 Å². The van der Waals surface area contributed by atoms with E-state index >= 15 is 0 Å². The number of carboxylic acids is 1. The number of halogens is 4. The Hall–Kier alpha value is -2.83. The molecular formula is C16H10F4O3. The molecule has 0 saturated heterocycles. The molecule has 2 aromatic rings. The number of hydrogen-bond donors (Lipinski definition) is 1. The second-order valence-electron chi connectivity index (χ2n) is 4.45. The fourth-order valence-electron chi connectivity index (χ4n) is 1.97. The lowest BCUT2D eigenvalue weighted by Crippen LogP contribution is -2.16. The Bertz CT molecular complexity index is 734. The topological polar surface area (TPSA) is 46.5 Å². The van der Waals surface area contributed by atoms with Gasteiger partial charge in [-0.25, -0.2) is 9.18 Å². The standard InChI is InChI=1S/C16H10F4O3/c17-13-3-1-2-10(6-9-14(21)22)15(13)11-4-7-12(8-5-11)23-16(18,19)20/h1-9H,(H,21,22)/b9-6+. The summed E-state index contributed by atoms with van der Waals surface area (Å²) in [6.45, 7) is 0. The smallest absolute Gasteiger partial charge is 0.478 e. The van der Waals surface area contributed by atoms with Crippen LogP contribution in [0.15, 0.2) is 48.5 Å². The predicted molar refractivity (Wildman–Crippen MR) is 75.2 cm³/mol. The zero-order valence-corrected chi connectivity index (χ0v) is 11.5. The first-order valence-corrected chi connectivity index (χ1v) is 6.32. The zero-order chi connectivity index (χ0) is 17.0. The minimum Gasteiger partial charge on any atom is -0.478 e. The Balaban J connectivity index is 2.40. The second kappa shape index (κ2) is 6.51. The number of ether oxygens (including phenoxy) is 1. The highest BCUT2D eigenvalue weighted by atomic mass is 19.4. The van der Waals surface area contributed by atoms with Crippen LogP contribution in [0.4, 0.5) is 17.6 Å². The molecule has 3 nitrogen and oxygen atoms in total. The molecule has 0 heterocycles. The van der Waals surface area contributed by atoms with Crippen molar-refractivity contribution in [2.75, 3.05) is 0 Å². The van der Waals surface area contributed by atoms with Gasteiger partial charge in [-0.3, -0.25) is 0 Å². The molecular weight excluding hydrogens is 316 g/mol. The van der Waals surface area contributed by atoms with Crippen LogP contribution in [0.25, 0.3) is 17.2 Å². The van der Waals surface area contributed by atoms with E-state index in [-0.39, 0.29) is 11.1 Å². The molecule has 0 unspecified atom stereocenters. The molecule has 0 spiro atoms. The largest absolute Gasteiger partial charge is 0.573 e. The summed E-state index contributed by atoms with van der Waals surface area (Å²) in [5.74, 6) is -2.25. The van der Waals surface area contributed by atoms with Crippen LogP contribution < -0.4 is 4.74 Å². The fourth-order valence-corrected chi connectivity index (χ4v) is 1.97. The van der Waals surface area contributed by atoms with Gasteiger partial charge in [0.2, 0.25) is 0 Å². The molecule has 0 saturated carbocycles. The Morgan fingerprint density at radius 3 is 2.30 bits per heavy atom. The van der Waals surface area contributed by atoms with Crippen LogP contribution in [0, 0.1) is 5.82 Å². The molecule has 0 fully saturated rings. The van der Waals surface area contributed by atoms with Crippen LogP contribution >= 0.6 is 0 Å². The molecule has 2 aromatic carbocycles. The molecule has 0 atom stereocenters. The molecule has 0 bridgehead atoms. The molecule has 1 N–H and O–H groups in total. The Labute approximate surface area is 128 Å². The predicted octanol–water partition coefficient (Wildman–Crippen LogP) is 4.49. The maximum atomic E-state index is 14.0. The Kier molecular flexibility index (Phi) is 4.68. The molecule has 0 aliphatic rings. The van der Waals surface area contributed by atoms with Gasteiger partial charge in [0.1, 0.15) is 11.6 Å². The summed E-state index contributed by atoms with van der Waals surface area (Å²) in [4.78, 5) is 10.6. The van der Waals surface area contributed by atoms with Crippen molar-refractivity contribution in [2.45, 2.75) is 6.36 Å². The molecule has 0 aromatic heterocycles. The van der Waals surface area contributed by atoms with Gasteiger partial charge in [-0.15, -0.1) is 13.2 Å². The molecule has 0 amide bonds. The molecule has 7 heteroatoms. The van der Waals surface area contributed by atoms with E-state index in [1.165, 1.54) is 36.4 Å². The lowest BCUT2D eigenvalue weighted by atomic mass is 9.98. The summed E-state index contributed by atoms with van der Waals surface area (Å²) < 4.78 is 54.2. The van der Waals surface area contributed by atoms with Gasteiger partial charge in [0, 0.05) is 11.6 Å². The van der Waals surface area contributed by atoms with Crippen molar-refractivity contribution < 1.29 is 32.2 Å². The first-order chi connectivity index (χ1) is 10.8. The van der Waals surface area contributed by atoms with Gasteiger partial charge in [-0.1, -0.05) is 24.3 Å². The van der Waals surface area contributed by atoms with E-state index in [9.17, 15) is 22.4 Å². The van der Waals surface area contributed by atoms with E-state index in [2.05, 4.69) is 4.74 Å². The number of carbonyl (C=O) groups is 1. The Morgan fingerprint density at radius 1 is 1.09 bits per heavy atom. The third kappa shape index (κ3) is 4.57. The highest BCUT2D eigenvalue weighted by Crippen LogP contribution is 2.30. The van der Waals surface area contributed by atoms with Crippen molar-refractivity contribution in [3.05, 3.63) is 59.9 Å². The van der Waals surface area contributed by atoms with Crippen molar-refractivity contribution in [3.8, 4) is 16.9 Å². The lowest BCUT2D eigenvalue weighted by molar-refractivity contribution is -0.274. The van der Waals surface area contributed by atoms with Gasteiger partial charge in [0.15, 0.2) is 0 Å². The monoisotopic (exact) mass is 326 g/mol. The SMILES string of the molecule is O=C(O)/C=C/c1cccc(F)c1-c1ccc(OC(F)(F)F)cc1. The van der Waals surface area contributed by atoms with Crippen LogP contribution in [-0.4, -0.2) is 17.4 Å². The normalized spacial score (nSPS) is 11.7. The molecule has 2 rings (SSSR count). The minimum atomic E-state index is -4.81. The van der Waals surface area contributed by atoms with Crippen molar-refractivity contribution in [3.63, 3.8) is 0 Å². The maximum Gasteiger partial charge on any atom is 0.573 e. The Morgan fingerprint density at radius 2 is 1.74 bits per heavy atom. The number of alkyl halides is 3. The molecule has 23 heavy (non-hydrogen) atoms. The average Bonchev–Trinajstić information content (AvgIpc) is 2.44. The molecule has 0 aliphatic heterocycles. The number of carboxylic acid groups (broad SMARTS) is 1. The second-order valence-corrected chi connectivity index (χ2v) is 4.45. The summed E-state index contributed by atoms with van der Waals surface area (Å²) in [6.07, 6.45) is -2.75. The van der Waals surface area contributed by atoms with Gasteiger partial charge >= 0.3 is 12.3 Å². The van der Waals surface area contributed by atoms with Crippen LogP contribution in [-0.2, 0) is 4.79 Å². The first-order valence-electron chi connectivity index (χ1n) is 6.32. The van der Waals surface area contributed by atoms with E-state index in [0.717, 1.165) is 18.2 Å². The van der Waals surface area contributed by atoms with E-state index in [1.54, 1.807) is 0 Å². The highest BCUT2D eigenvalue weighted by molar-refractivity contribution is 5.88. The van der Waals surface area contributed by atoms with Crippen LogP contribution in [0.2, 0.25) is 0 Å². The van der Waals surface area contributed by atoms with Crippen LogP contribution in [0.5, 0.6) is 5.75 Å². The zero-order valence-electron chi connectivity index (χ0n) is 11.5. The summed E-state index contributed by atoms with van der Waals surface area (Å²) >= 11 is 0. The quantitative estimate of drug-likeness (QED) is 0.665. The molecule has 0 radical (unpaired) electrons. The van der Waals surface area contributed by atoms with E-state index in [4.69, 9.17) is 5.11 Å². The first kappa shape index (κ1) is 16.5. The number of aliphatic carboxylic acids is 1. The number of rotatable bonds is 4. The summed E-state index contributed by atoms with van der Waals surface area (Å²) in [7, 11) is 0. The van der Waals surface area contributed by atoms with Crippen molar-refractivity contribution in [2.24, 2.45) is 0 Å². The van der Waals surface area contributed by atoms with Crippen LogP contribution in [0.1, 0.15) is 5.56 Å². The van der Waals surface area contributed by atoms with Gasteiger partial charge < -0.3 is 9.84 Å². The minimum absolute atomic E-state index is 0.0866. The molecule has 120 valence electrons. The third-order valence-corrected chi connectivity index (χ3v) is 2.83. The van der Waals surface area contributed by atoms with E-state index in [0.29, 0.717) is 5.56 Å². The van der Waals surface area contributed by atoms with E-state index in [1.807, 2.05) is 0 Å². The summed E-state index contributed by atoms with van der Waals surface area (Å²) in [5, 5.41) is 8.65. The highest BCUT2D eigenvalue weighted by Gasteiger charge is 2.31. The van der Waals surface area contributed by atoms with Gasteiger partial charge in [-0.05, 0) is 35.4 Å². The van der Waals surface area contributed by atoms with Crippen molar-refractivity contribution in [1.82, 2.24) is 0 Å². The van der Waals surface area contributed by atoms with E-state index < -0.39 is 23.9 Å². The number of benzene rings is 2. The maximum absolute atomic E-state index is 14.0. The van der Waals surface area contributed by atoms with Gasteiger partial charge in [0.25, 0.3) is 0 Å². The third-order valence-electron chi connectivity index (χ3n) is 2.83. The summed E-state index contributed by atoms with van der Waals surface area (Å²) in [5.41, 5.74) is 0.670. The number of hydrogen-bond acceptors (Lipinski definition) is 2. The summed E-state index contributed by atoms with van der Waals surface area (Å²) in [6, 6.07) is 8.71. The van der Waals surface area contributed by atoms with Gasteiger partial charge in [0.05, 0.1) is 0 Å².